The van der Waals surface area contributed by atoms with Gasteiger partial charge in [0.05, 0.1) is 0 Å². The number of hydrogen-bond acceptors (Lipinski definition) is 1. The fourth-order valence-electron chi connectivity index (χ4n) is 4.90. The van der Waals surface area contributed by atoms with Gasteiger partial charge in [0.2, 0.25) is 0 Å². The molecular weight excluding hydrogens is 385 g/mol. The molecule has 2 aromatic carbocycles. The topological polar surface area (TPSA) is 20.2 Å². The quantitative estimate of drug-likeness (QED) is 0.753. The maximum atomic E-state index is 14.0. The number of aromatic hydroxyl groups is 1. The smallest absolute Gasteiger partial charge is 0.505 e. The number of fused-ring (bicyclic) bond motifs is 1. The first-order valence-corrected chi connectivity index (χ1v) is 9.45. The molecule has 0 bridgehead atoms. The van der Waals surface area contributed by atoms with Crippen molar-refractivity contribution < 1.29 is 67.7 Å². The van der Waals surface area contributed by atoms with Crippen LogP contribution in [0.2, 0.25) is 0 Å². The van der Waals surface area contributed by atoms with Crippen LogP contribution in [0.4, 0.5) is 4.39 Å². The molecule has 2 aliphatic rings. The van der Waals surface area contributed by atoms with E-state index < -0.39 is 5.82 Å². The van der Waals surface area contributed by atoms with Crippen LogP contribution in [0.3, 0.4) is 0 Å². The molecule has 128 valence electrons. The summed E-state index contributed by atoms with van der Waals surface area (Å²) in [6.07, 6.45) is 13.1. The Morgan fingerprint density at radius 3 is 2.28 bits per heavy atom. The van der Waals surface area contributed by atoms with E-state index in [9.17, 15) is 9.50 Å². The molecule has 0 atom stereocenters. The first kappa shape index (κ1) is 20.0. The van der Waals surface area contributed by atoms with Gasteiger partial charge in [-0.1, -0.05) is 37.1 Å². The zero-order valence-corrected chi connectivity index (χ0v) is 20.1. The van der Waals surface area contributed by atoms with Gasteiger partial charge in [0, 0.05) is 5.39 Å². The van der Waals surface area contributed by atoms with Crippen LogP contribution in [-0.2, 0) is 0 Å². The minimum atomic E-state index is -0.503. The largest absolute Gasteiger partial charge is 1.00 e. The summed E-state index contributed by atoms with van der Waals surface area (Å²) in [6, 6.07) is 9.30. The molecule has 1 N–H and O–H groups in total. The third kappa shape index (κ3) is 4.39. The summed E-state index contributed by atoms with van der Waals surface area (Å²) >= 11 is 0. The molecule has 0 aliphatic heterocycles. The van der Waals surface area contributed by atoms with Crippen molar-refractivity contribution in [2.75, 3.05) is 0 Å². The molecule has 0 spiro atoms. The maximum absolute atomic E-state index is 14.0. The fourth-order valence-corrected chi connectivity index (χ4v) is 4.90. The predicted molar refractivity (Wildman–Crippen MR) is 96.5 cm³/mol. The molecule has 0 radical (unpaired) electrons. The predicted octanol–water partition coefficient (Wildman–Crippen LogP) is 3.36. The van der Waals surface area contributed by atoms with Crippen LogP contribution in [0.5, 0.6) is 5.75 Å². The third-order valence-electron chi connectivity index (χ3n) is 6.35. The second-order valence-electron chi connectivity index (χ2n) is 7.69. The van der Waals surface area contributed by atoms with E-state index in [1.54, 1.807) is 0 Å². The number of hydrogen-bond donors (Lipinski definition) is 1. The van der Waals surface area contributed by atoms with E-state index in [2.05, 4.69) is 18.6 Å². The molecular formula is C22H26FORb. The summed E-state index contributed by atoms with van der Waals surface area (Å²) < 4.78 is 14.0. The molecule has 25 heavy (non-hydrogen) atoms. The van der Waals surface area contributed by atoms with E-state index in [0.717, 1.165) is 17.2 Å². The molecule has 0 aromatic heterocycles. The molecule has 0 unspecified atom stereocenters. The van der Waals surface area contributed by atoms with Gasteiger partial charge in [-0.2, -0.15) is 12.8 Å². The summed E-state index contributed by atoms with van der Waals surface area (Å²) in [4.78, 5) is 0. The number of halogens is 1. The Bertz CT molecular complexity index is 715. The summed E-state index contributed by atoms with van der Waals surface area (Å²) in [5, 5.41) is 10.9. The monoisotopic (exact) mass is 410 g/mol. The standard InChI is InChI=1S/C22H26FO.Rb/c23-22-20-12-10-18(14-19(20)11-13-21(22)24)17-8-6-16(7-9-17)15-4-2-1-3-5-15;/h1,10-17,24H,2-9H2;/q-1;+1. The van der Waals surface area contributed by atoms with Crippen LogP contribution in [0.25, 0.3) is 10.8 Å². The summed E-state index contributed by atoms with van der Waals surface area (Å²) in [7, 11) is 0. The van der Waals surface area contributed by atoms with Gasteiger partial charge in [0.15, 0.2) is 11.6 Å². The first-order chi connectivity index (χ1) is 11.7. The summed E-state index contributed by atoms with van der Waals surface area (Å²) in [6.45, 7) is 0. The zero-order valence-electron chi connectivity index (χ0n) is 15.2. The molecule has 1 nitrogen and oxygen atoms in total. The molecule has 3 heteroatoms. The van der Waals surface area contributed by atoms with Gasteiger partial charge in [-0.25, -0.2) is 4.39 Å². The molecule has 2 aromatic rings. The maximum Gasteiger partial charge on any atom is 1.00 e. The Morgan fingerprint density at radius 1 is 0.880 bits per heavy atom. The molecule has 4 rings (SSSR count). The summed E-state index contributed by atoms with van der Waals surface area (Å²) in [5.41, 5.74) is 1.34. The number of phenolic OH excluding ortho intramolecular Hbond substituents is 1. The molecule has 2 fully saturated rings. The Hall–Kier alpha value is 0.235. The molecule has 0 saturated heterocycles. The van der Waals surface area contributed by atoms with E-state index in [-0.39, 0.29) is 63.9 Å². The van der Waals surface area contributed by atoms with Crippen LogP contribution < -0.4 is 58.2 Å². The van der Waals surface area contributed by atoms with Crippen LogP contribution in [0, 0.1) is 24.1 Å². The molecule has 2 aliphatic carbocycles. The molecule has 2 saturated carbocycles. The van der Waals surface area contributed by atoms with E-state index in [0.29, 0.717) is 11.3 Å². The first-order valence-electron chi connectivity index (χ1n) is 9.45. The second-order valence-corrected chi connectivity index (χ2v) is 7.69. The van der Waals surface area contributed by atoms with Gasteiger partial charge in [-0.05, 0) is 60.5 Å². The van der Waals surface area contributed by atoms with Gasteiger partial charge in [0.25, 0.3) is 0 Å². The van der Waals surface area contributed by atoms with Crippen molar-refractivity contribution in [1.29, 1.82) is 0 Å². The van der Waals surface area contributed by atoms with Crippen molar-refractivity contribution in [1.82, 2.24) is 0 Å². The number of phenols is 1. The van der Waals surface area contributed by atoms with Crippen molar-refractivity contribution in [3.05, 3.63) is 48.1 Å². The fraction of sp³-hybridized carbons (Fsp3) is 0.500. The van der Waals surface area contributed by atoms with Crippen molar-refractivity contribution in [3.8, 4) is 5.75 Å². The van der Waals surface area contributed by atoms with E-state index in [1.165, 1.54) is 63.0 Å². The SMILES string of the molecule is Oc1ccc2cc(C3CCC(C4CC[CH-]CC4)CC3)ccc2c1F.[Rb+]. The Balaban J connectivity index is 0.00000182. The number of rotatable bonds is 2. The summed E-state index contributed by atoms with van der Waals surface area (Å²) in [5.74, 6) is 1.71. The Morgan fingerprint density at radius 2 is 1.56 bits per heavy atom. The average Bonchev–Trinajstić information content (AvgIpc) is 2.65. The Kier molecular flexibility index (Phi) is 7.15. The normalized spacial score (nSPS) is 24.8. The average molecular weight is 411 g/mol. The van der Waals surface area contributed by atoms with Crippen LogP contribution >= 0.6 is 0 Å². The third-order valence-corrected chi connectivity index (χ3v) is 6.35. The van der Waals surface area contributed by atoms with Gasteiger partial charge in [0.1, 0.15) is 0 Å². The zero-order chi connectivity index (χ0) is 16.5. The molecule has 0 amide bonds. The van der Waals surface area contributed by atoms with Gasteiger partial charge in [-0.15, -0.1) is 0 Å². The Labute approximate surface area is 199 Å². The minimum Gasteiger partial charge on any atom is -0.505 e. The molecule has 0 heterocycles. The number of benzene rings is 2. The van der Waals surface area contributed by atoms with Crippen LogP contribution in [0.1, 0.15) is 62.8 Å². The van der Waals surface area contributed by atoms with Crippen LogP contribution in [-0.4, -0.2) is 5.11 Å². The van der Waals surface area contributed by atoms with E-state index in [1.807, 2.05) is 12.1 Å². The van der Waals surface area contributed by atoms with Crippen molar-refractivity contribution in [2.45, 2.75) is 57.3 Å². The van der Waals surface area contributed by atoms with Crippen molar-refractivity contribution in [3.63, 3.8) is 0 Å². The second kappa shape index (κ2) is 8.95. The minimum absolute atomic E-state index is 0. The van der Waals surface area contributed by atoms with Crippen LogP contribution in [0.15, 0.2) is 30.3 Å². The van der Waals surface area contributed by atoms with Gasteiger partial charge < -0.3 is 11.5 Å². The van der Waals surface area contributed by atoms with E-state index >= 15 is 0 Å². The van der Waals surface area contributed by atoms with Gasteiger partial charge >= 0.3 is 58.2 Å². The van der Waals surface area contributed by atoms with Gasteiger partial charge in [-0.3, -0.25) is 0 Å². The van der Waals surface area contributed by atoms with Crippen molar-refractivity contribution in [2.24, 2.45) is 11.8 Å². The van der Waals surface area contributed by atoms with Crippen molar-refractivity contribution >= 4 is 10.8 Å². The van der Waals surface area contributed by atoms with E-state index in [4.69, 9.17) is 0 Å².